The molecule has 1 rings (SSSR count). The summed E-state index contributed by atoms with van der Waals surface area (Å²) in [5.74, 6) is -0.336. The first-order chi connectivity index (χ1) is 8.62. The number of hydrogen-bond acceptors (Lipinski definition) is 5. The predicted octanol–water partition coefficient (Wildman–Crippen LogP) is 0.667. The topological polar surface area (TPSA) is 82.5 Å². The van der Waals surface area contributed by atoms with Gasteiger partial charge in [0, 0.05) is 6.20 Å². The van der Waals surface area contributed by atoms with Crippen LogP contribution in [0.15, 0.2) is 23.4 Å². The van der Waals surface area contributed by atoms with Gasteiger partial charge >= 0.3 is 0 Å². The molecule has 6 heteroatoms. The average molecular weight is 270 g/mol. The van der Waals surface area contributed by atoms with Crippen molar-refractivity contribution in [3.05, 3.63) is 23.9 Å². The molecule has 0 saturated carbocycles. The highest BCUT2D eigenvalue weighted by atomic mass is 32.2. The summed E-state index contributed by atoms with van der Waals surface area (Å²) in [6.45, 7) is 1.19. The molecule has 5 nitrogen and oxygen atoms in total. The number of rotatable bonds is 6. The van der Waals surface area contributed by atoms with Crippen molar-refractivity contribution in [1.82, 2.24) is 10.3 Å². The molecular formula is C12H18N2O3S. The Hall–Kier alpha value is -1.11. The molecule has 0 aliphatic carbocycles. The number of aromatic nitrogens is 1. The third-order valence-corrected chi connectivity index (χ3v) is 3.58. The fraction of sp³-hybridized carbons (Fsp3) is 0.500. The molecule has 0 unspecified atom stereocenters. The Bertz CT molecular complexity index is 400. The van der Waals surface area contributed by atoms with Crippen LogP contribution in [0.5, 0.6) is 0 Å². The molecular weight excluding hydrogens is 252 g/mol. The van der Waals surface area contributed by atoms with Crippen LogP contribution in [-0.4, -0.2) is 46.1 Å². The van der Waals surface area contributed by atoms with Crippen molar-refractivity contribution in [1.29, 1.82) is 0 Å². The van der Waals surface area contributed by atoms with Gasteiger partial charge in [0.1, 0.15) is 5.03 Å². The first kappa shape index (κ1) is 14.9. The zero-order chi connectivity index (χ0) is 13.6. The van der Waals surface area contributed by atoms with Crippen molar-refractivity contribution in [2.45, 2.75) is 23.9 Å². The summed E-state index contributed by atoms with van der Waals surface area (Å²) in [6, 6.07) is 3.35. The van der Waals surface area contributed by atoms with E-state index in [1.165, 1.54) is 11.8 Å². The second-order valence-corrected chi connectivity index (χ2v) is 4.76. The third-order valence-electron chi connectivity index (χ3n) is 2.87. The number of nitrogens with zero attached hydrogens (tertiary/aromatic N) is 1. The number of aliphatic hydroxyl groups is 2. The van der Waals surface area contributed by atoms with Gasteiger partial charge in [0.15, 0.2) is 0 Å². The van der Waals surface area contributed by atoms with Crippen LogP contribution in [0.2, 0.25) is 0 Å². The van der Waals surface area contributed by atoms with Crippen LogP contribution in [0.4, 0.5) is 0 Å². The minimum Gasteiger partial charge on any atom is -0.394 e. The molecule has 0 spiro atoms. The maximum atomic E-state index is 12.1. The summed E-state index contributed by atoms with van der Waals surface area (Å²) in [6.07, 6.45) is 3.90. The summed E-state index contributed by atoms with van der Waals surface area (Å²) in [5, 5.41) is 21.9. The van der Waals surface area contributed by atoms with Gasteiger partial charge in [-0.3, -0.25) is 4.79 Å². The summed E-state index contributed by atoms with van der Waals surface area (Å²) < 4.78 is 0. The molecule has 0 aliphatic rings. The molecule has 0 fully saturated rings. The lowest BCUT2D eigenvalue weighted by molar-refractivity contribution is 0.0650. The van der Waals surface area contributed by atoms with Crippen molar-refractivity contribution in [3.8, 4) is 0 Å². The first-order valence-electron chi connectivity index (χ1n) is 5.65. The molecule has 1 heterocycles. The average Bonchev–Trinajstić information content (AvgIpc) is 2.44. The van der Waals surface area contributed by atoms with Crippen molar-refractivity contribution >= 4 is 17.7 Å². The maximum Gasteiger partial charge on any atom is 0.254 e. The number of pyridine rings is 1. The van der Waals surface area contributed by atoms with E-state index in [1.54, 1.807) is 25.3 Å². The second-order valence-electron chi connectivity index (χ2n) is 3.96. The first-order valence-corrected chi connectivity index (χ1v) is 6.88. The summed E-state index contributed by atoms with van der Waals surface area (Å²) >= 11 is 1.38. The molecule has 0 saturated heterocycles. The number of amides is 1. The van der Waals surface area contributed by atoms with Crippen LogP contribution >= 0.6 is 11.8 Å². The molecule has 0 bridgehead atoms. The highest BCUT2D eigenvalue weighted by Gasteiger charge is 2.29. The van der Waals surface area contributed by atoms with Gasteiger partial charge in [-0.05, 0) is 24.8 Å². The minimum absolute atomic E-state index is 0.305. The van der Waals surface area contributed by atoms with E-state index < -0.39 is 5.54 Å². The lowest BCUT2D eigenvalue weighted by Crippen LogP contribution is -2.53. The summed E-state index contributed by atoms with van der Waals surface area (Å²) in [7, 11) is 0. The lowest BCUT2D eigenvalue weighted by Gasteiger charge is -2.29. The third kappa shape index (κ3) is 3.22. The van der Waals surface area contributed by atoms with Crippen LogP contribution in [0, 0.1) is 0 Å². The van der Waals surface area contributed by atoms with E-state index >= 15 is 0 Å². The Labute approximate surface area is 111 Å². The number of hydrogen-bond donors (Lipinski definition) is 3. The molecule has 1 aromatic rings. The SMILES string of the molecule is CCC(CO)(CO)NC(=O)c1cccnc1SC. The smallest absolute Gasteiger partial charge is 0.254 e. The maximum absolute atomic E-state index is 12.1. The van der Waals surface area contributed by atoms with Crippen molar-refractivity contribution in [2.75, 3.05) is 19.5 Å². The molecule has 18 heavy (non-hydrogen) atoms. The molecule has 1 amide bonds. The quantitative estimate of drug-likeness (QED) is 0.662. The van der Waals surface area contributed by atoms with E-state index in [2.05, 4.69) is 10.3 Å². The molecule has 0 aromatic carbocycles. The number of thioether (sulfide) groups is 1. The largest absolute Gasteiger partial charge is 0.394 e. The van der Waals surface area contributed by atoms with E-state index in [0.29, 0.717) is 17.0 Å². The normalized spacial score (nSPS) is 11.3. The fourth-order valence-electron chi connectivity index (χ4n) is 1.48. The summed E-state index contributed by atoms with van der Waals surface area (Å²) in [4.78, 5) is 16.2. The van der Waals surface area contributed by atoms with Crippen molar-refractivity contribution in [3.63, 3.8) is 0 Å². The van der Waals surface area contributed by atoms with Crippen LogP contribution in [0.3, 0.4) is 0 Å². The Kier molecular flexibility index (Phi) is 5.58. The lowest BCUT2D eigenvalue weighted by atomic mass is 9.98. The van der Waals surface area contributed by atoms with Gasteiger partial charge < -0.3 is 15.5 Å². The van der Waals surface area contributed by atoms with Gasteiger partial charge in [-0.25, -0.2) is 4.98 Å². The fourth-order valence-corrected chi connectivity index (χ4v) is 2.02. The van der Waals surface area contributed by atoms with Gasteiger partial charge in [0.2, 0.25) is 0 Å². The van der Waals surface area contributed by atoms with E-state index in [-0.39, 0.29) is 19.1 Å². The molecule has 100 valence electrons. The van der Waals surface area contributed by atoms with Gasteiger partial charge in [-0.15, -0.1) is 11.8 Å². The Morgan fingerprint density at radius 1 is 1.50 bits per heavy atom. The number of carbonyl (C=O) groups excluding carboxylic acids is 1. The molecule has 0 radical (unpaired) electrons. The van der Waals surface area contributed by atoms with Crippen molar-refractivity contribution < 1.29 is 15.0 Å². The standard InChI is InChI=1S/C12H18N2O3S/c1-3-12(7-15,8-16)14-10(17)9-5-4-6-13-11(9)18-2/h4-6,15-16H,3,7-8H2,1-2H3,(H,14,17). The van der Waals surface area contributed by atoms with E-state index in [4.69, 9.17) is 0 Å². The number of nitrogens with one attached hydrogen (secondary N) is 1. The zero-order valence-electron chi connectivity index (χ0n) is 10.5. The highest BCUT2D eigenvalue weighted by Crippen LogP contribution is 2.18. The van der Waals surface area contributed by atoms with Crippen LogP contribution < -0.4 is 5.32 Å². The zero-order valence-corrected chi connectivity index (χ0v) is 11.3. The van der Waals surface area contributed by atoms with Gasteiger partial charge in [-0.2, -0.15) is 0 Å². The van der Waals surface area contributed by atoms with Crippen LogP contribution in [0.1, 0.15) is 23.7 Å². The van der Waals surface area contributed by atoms with E-state index in [9.17, 15) is 15.0 Å². The van der Waals surface area contributed by atoms with E-state index in [0.717, 1.165) is 0 Å². The Morgan fingerprint density at radius 2 is 2.17 bits per heavy atom. The second kappa shape index (κ2) is 6.72. The highest BCUT2D eigenvalue weighted by molar-refractivity contribution is 7.98. The predicted molar refractivity (Wildman–Crippen MR) is 70.7 cm³/mol. The Balaban J connectivity index is 2.94. The van der Waals surface area contributed by atoms with Gasteiger partial charge in [0.05, 0.1) is 24.3 Å². The van der Waals surface area contributed by atoms with Gasteiger partial charge in [-0.1, -0.05) is 6.92 Å². The monoisotopic (exact) mass is 270 g/mol. The minimum atomic E-state index is -0.984. The van der Waals surface area contributed by atoms with Crippen LogP contribution in [-0.2, 0) is 0 Å². The summed E-state index contributed by atoms with van der Waals surface area (Å²) in [5.41, 5.74) is -0.535. The Morgan fingerprint density at radius 3 is 2.67 bits per heavy atom. The van der Waals surface area contributed by atoms with Crippen LogP contribution in [0.25, 0.3) is 0 Å². The molecule has 0 atom stereocenters. The molecule has 0 aliphatic heterocycles. The molecule has 3 N–H and O–H groups in total. The van der Waals surface area contributed by atoms with Crippen molar-refractivity contribution in [2.24, 2.45) is 0 Å². The molecule has 1 aromatic heterocycles. The van der Waals surface area contributed by atoms with E-state index in [1.807, 2.05) is 6.26 Å². The number of aliphatic hydroxyl groups excluding tert-OH is 2. The van der Waals surface area contributed by atoms with Gasteiger partial charge in [0.25, 0.3) is 5.91 Å². The number of carbonyl (C=O) groups is 1.